The van der Waals surface area contributed by atoms with Crippen molar-refractivity contribution in [2.24, 2.45) is 11.7 Å². The number of hydrogen-bond acceptors (Lipinski definition) is 4. The van der Waals surface area contributed by atoms with Gasteiger partial charge in [0.15, 0.2) is 0 Å². The third-order valence-corrected chi connectivity index (χ3v) is 3.48. The lowest BCUT2D eigenvalue weighted by atomic mass is 9.99. The Balaban J connectivity index is 2.91. The molecule has 1 unspecified atom stereocenters. The normalized spacial score (nSPS) is 13.4. The van der Waals surface area contributed by atoms with Crippen LogP contribution in [0.3, 0.4) is 0 Å². The summed E-state index contributed by atoms with van der Waals surface area (Å²) in [4.78, 5) is 23.6. The van der Waals surface area contributed by atoms with Crippen molar-refractivity contribution >= 4 is 17.6 Å². The molecule has 1 amide bonds. The molecule has 0 saturated carbocycles. The molecule has 2 atom stereocenters. The lowest BCUT2D eigenvalue weighted by Crippen LogP contribution is -2.40. The first kappa shape index (κ1) is 16.2. The number of carbonyl (C=O) groups is 2. The Kier molecular flexibility index (Phi) is 5.70. The van der Waals surface area contributed by atoms with Gasteiger partial charge in [0.25, 0.3) is 0 Å². The van der Waals surface area contributed by atoms with Crippen molar-refractivity contribution in [3.8, 4) is 0 Å². The van der Waals surface area contributed by atoms with Crippen LogP contribution >= 0.6 is 0 Å². The Hall–Kier alpha value is -1.88. The van der Waals surface area contributed by atoms with Gasteiger partial charge < -0.3 is 15.8 Å². The van der Waals surface area contributed by atoms with Crippen molar-refractivity contribution in [2.45, 2.75) is 33.2 Å². The predicted molar refractivity (Wildman–Crippen MR) is 78.6 cm³/mol. The summed E-state index contributed by atoms with van der Waals surface area (Å²) >= 11 is 0. The number of methoxy groups -OCH3 is 1. The van der Waals surface area contributed by atoms with Gasteiger partial charge in [0.05, 0.1) is 18.7 Å². The predicted octanol–water partition coefficient (Wildman–Crippen LogP) is 2.09. The number of amides is 1. The van der Waals surface area contributed by atoms with Crippen LogP contribution in [0.25, 0.3) is 0 Å². The van der Waals surface area contributed by atoms with Gasteiger partial charge in [-0.3, -0.25) is 4.79 Å². The Morgan fingerprint density at radius 1 is 1.40 bits per heavy atom. The fraction of sp³-hybridized carbons (Fsp3) is 0.467. The molecule has 0 bridgehead atoms. The molecule has 20 heavy (non-hydrogen) atoms. The van der Waals surface area contributed by atoms with Gasteiger partial charge in [0.1, 0.15) is 0 Å². The Labute approximate surface area is 119 Å². The molecule has 110 valence electrons. The highest BCUT2D eigenvalue weighted by atomic mass is 16.5. The van der Waals surface area contributed by atoms with Crippen LogP contribution in [0.1, 0.15) is 36.2 Å². The number of aryl methyl sites for hydroxylation is 1. The maximum atomic E-state index is 12.1. The summed E-state index contributed by atoms with van der Waals surface area (Å²) in [5.74, 6) is -0.588. The van der Waals surface area contributed by atoms with E-state index in [2.05, 4.69) is 10.1 Å². The zero-order chi connectivity index (χ0) is 15.3. The number of nitrogens with one attached hydrogen (secondary N) is 1. The lowest BCUT2D eigenvalue weighted by Gasteiger charge is -2.18. The molecule has 0 fully saturated rings. The van der Waals surface area contributed by atoms with Crippen LogP contribution in [0, 0.1) is 12.8 Å². The number of ether oxygens (including phenoxy) is 1. The molecular weight excluding hydrogens is 256 g/mol. The molecule has 0 saturated heterocycles. The SMILES string of the molecule is CCC(C)[C@H](N)C(=O)Nc1cc(C(=O)OC)ccc1C. The van der Waals surface area contributed by atoms with Gasteiger partial charge >= 0.3 is 5.97 Å². The van der Waals surface area contributed by atoms with Crippen molar-refractivity contribution in [1.29, 1.82) is 0 Å². The van der Waals surface area contributed by atoms with Crippen molar-refractivity contribution in [3.63, 3.8) is 0 Å². The molecule has 0 radical (unpaired) electrons. The summed E-state index contributed by atoms with van der Waals surface area (Å²) < 4.78 is 4.66. The zero-order valence-corrected chi connectivity index (χ0v) is 12.4. The van der Waals surface area contributed by atoms with Crippen molar-refractivity contribution in [3.05, 3.63) is 29.3 Å². The summed E-state index contributed by atoms with van der Waals surface area (Å²) in [5, 5.41) is 2.77. The van der Waals surface area contributed by atoms with Crippen LogP contribution in [-0.2, 0) is 9.53 Å². The average Bonchev–Trinajstić information content (AvgIpc) is 2.46. The third-order valence-electron chi connectivity index (χ3n) is 3.48. The van der Waals surface area contributed by atoms with E-state index in [0.29, 0.717) is 11.3 Å². The molecule has 0 spiro atoms. The number of esters is 1. The first-order valence-corrected chi connectivity index (χ1v) is 6.66. The molecule has 5 nitrogen and oxygen atoms in total. The largest absolute Gasteiger partial charge is 0.465 e. The maximum absolute atomic E-state index is 12.1. The number of nitrogens with two attached hydrogens (primary N) is 1. The average molecular weight is 278 g/mol. The fourth-order valence-electron chi connectivity index (χ4n) is 1.73. The standard InChI is InChI=1S/C15H22N2O3/c1-5-9(2)13(16)14(18)17-12-8-11(15(19)20-4)7-6-10(12)3/h6-9,13H,5,16H2,1-4H3,(H,17,18)/t9?,13-/m0/s1. The van der Waals surface area contributed by atoms with E-state index in [-0.39, 0.29) is 11.8 Å². The fourth-order valence-corrected chi connectivity index (χ4v) is 1.73. The molecule has 1 aromatic rings. The summed E-state index contributed by atoms with van der Waals surface area (Å²) in [6.07, 6.45) is 0.829. The molecule has 0 aliphatic rings. The van der Waals surface area contributed by atoms with Gasteiger partial charge in [-0.1, -0.05) is 26.3 Å². The second-order valence-corrected chi connectivity index (χ2v) is 4.92. The van der Waals surface area contributed by atoms with Crippen molar-refractivity contribution < 1.29 is 14.3 Å². The molecule has 0 aromatic heterocycles. The first-order valence-electron chi connectivity index (χ1n) is 6.66. The van der Waals surface area contributed by atoms with Crippen LogP contribution in [0.5, 0.6) is 0 Å². The molecule has 0 aliphatic heterocycles. The molecule has 1 rings (SSSR count). The van der Waals surface area contributed by atoms with Crippen molar-refractivity contribution in [2.75, 3.05) is 12.4 Å². The second kappa shape index (κ2) is 7.05. The zero-order valence-electron chi connectivity index (χ0n) is 12.4. The van der Waals surface area contributed by atoms with Crippen LogP contribution in [0.4, 0.5) is 5.69 Å². The number of hydrogen-bond donors (Lipinski definition) is 2. The van der Waals surface area contributed by atoms with E-state index in [1.807, 2.05) is 20.8 Å². The van der Waals surface area contributed by atoms with E-state index in [1.165, 1.54) is 7.11 Å². The minimum absolute atomic E-state index is 0.0964. The van der Waals surface area contributed by atoms with Crippen LogP contribution in [0.2, 0.25) is 0 Å². The monoisotopic (exact) mass is 278 g/mol. The smallest absolute Gasteiger partial charge is 0.337 e. The first-order chi connectivity index (χ1) is 9.40. The minimum atomic E-state index is -0.568. The van der Waals surface area contributed by atoms with E-state index in [4.69, 9.17) is 5.73 Å². The minimum Gasteiger partial charge on any atom is -0.465 e. The van der Waals surface area contributed by atoms with Crippen LogP contribution < -0.4 is 11.1 Å². The third kappa shape index (κ3) is 3.81. The molecular formula is C15H22N2O3. The summed E-state index contributed by atoms with van der Waals surface area (Å²) in [7, 11) is 1.32. The quantitative estimate of drug-likeness (QED) is 0.808. The van der Waals surface area contributed by atoms with E-state index >= 15 is 0 Å². The molecule has 1 aromatic carbocycles. The number of carbonyl (C=O) groups excluding carboxylic acids is 2. The maximum Gasteiger partial charge on any atom is 0.337 e. The highest BCUT2D eigenvalue weighted by Gasteiger charge is 2.20. The van der Waals surface area contributed by atoms with Gasteiger partial charge in [-0.25, -0.2) is 4.79 Å². The molecule has 3 N–H and O–H groups in total. The summed E-state index contributed by atoms with van der Waals surface area (Å²) in [6.45, 7) is 5.77. The molecule has 0 heterocycles. The summed E-state index contributed by atoms with van der Waals surface area (Å²) in [5.41, 5.74) is 7.73. The van der Waals surface area contributed by atoms with E-state index < -0.39 is 12.0 Å². The highest BCUT2D eigenvalue weighted by Crippen LogP contribution is 2.18. The molecule has 0 aliphatic carbocycles. The lowest BCUT2D eigenvalue weighted by molar-refractivity contribution is -0.118. The number of rotatable bonds is 5. The van der Waals surface area contributed by atoms with Gasteiger partial charge in [-0.15, -0.1) is 0 Å². The van der Waals surface area contributed by atoms with Crippen LogP contribution in [-0.4, -0.2) is 25.0 Å². The van der Waals surface area contributed by atoms with E-state index in [1.54, 1.807) is 18.2 Å². The summed E-state index contributed by atoms with van der Waals surface area (Å²) in [6, 6.07) is 4.45. The number of anilines is 1. The van der Waals surface area contributed by atoms with Gasteiger partial charge in [0, 0.05) is 5.69 Å². The van der Waals surface area contributed by atoms with Gasteiger partial charge in [0.2, 0.25) is 5.91 Å². The Morgan fingerprint density at radius 2 is 2.05 bits per heavy atom. The highest BCUT2D eigenvalue weighted by molar-refractivity contribution is 5.97. The van der Waals surface area contributed by atoms with Gasteiger partial charge in [-0.05, 0) is 30.5 Å². The second-order valence-electron chi connectivity index (χ2n) is 4.92. The molecule has 5 heteroatoms. The Bertz CT molecular complexity index is 500. The topological polar surface area (TPSA) is 81.4 Å². The van der Waals surface area contributed by atoms with Crippen LogP contribution in [0.15, 0.2) is 18.2 Å². The van der Waals surface area contributed by atoms with Gasteiger partial charge in [-0.2, -0.15) is 0 Å². The van der Waals surface area contributed by atoms with E-state index in [9.17, 15) is 9.59 Å². The number of benzene rings is 1. The Morgan fingerprint density at radius 3 is 2.60 bits per heavy atom. The van der Waals surface area contributed by atoms with E-state index in [0.717, 1.165) is 12.0 Å². The van der Waals surface area contributed by atoms with Crippen molar-refractivity contribution in [1.82, 2.24) is 0 Å².